The van der Waals surface area contributed by atoms with Crippen molar-refractivity contribution in [2.45, 2.75) is 71.1 Å². The van der Waals surface area contributed by atoms with Crippen LogP contribution in [0.3, 0.4) is 0 Å². The van der Waals surface area contributed by atoms with E-state index in [4.69, 9.17) is 4.18 Å². The summed E-state index contributed by atoms with van der Waals surface area (Å²) in [6.45, 7) is 2.23. The molecule has 0 saturated carbocycles. The number of fused-ring (bicyclic) bond motifs is 1. The van der Waals surface area contributed by atoms with Crippen molar-refractivity contribution in [2.24, 2.45) is 0 Å². The van der Waals surface area contributed by atoms with E-state index in [2.05, 4.69) is 6.92 Å². The van der Waals surface area contributed by atoms with Gasteiger partial charge in [0.2, 0.25) is 0 Å². The van der Waals surface area contributed by atoms with Gasteiger partial charge >= 0.3 is 39.7 Å². The molecule has 0 aromatic heterocycles. The summed E-state index contributed by atoms with van der Waals surface area (Å²) in [5.74, 6) is 0.516. The summed E-state index contributed by atoms with van der Waals surface area (Å²) in [6, 6.07) is 13.2. The van der Waals surface area contributed by atoms with Crippen LogP contribution in [0.5, 0.6) is 5.75 Å². The SMILES string of the molecule is CCCCCCCCCCCCS(=O)(=O)Oc1cccc2ccccc12.[NaH]. The summed E-state index contributed by atoms with van der Waals surface area (Å²) >= 11 is 0. The quantitative estimate of drug-likeness (QED) is 0.242. The summed E-state index contributed by atoms with van der Waals surface area (Å²) in [5.41, 5.74) is 0. The number of hydrogen-bond acceptors (Lipinski definition) is 3. The fraction of sp³-hybridized carbons (Fsp3) is 0.545. The van der Waals surface area contributed by atoms with Crippen LogP contribution in [-0.4, -0.2) is 43.7 Å². The second kappa shape index (κ2) is 13.6. The third kappa shape index (κ3) is 9.47. The van der Waals surface area contributed by atoms with Gasteiger partial charge < -0.3 is 4.18 Å². The monoisotopic (exact) mass is 400 g/mol. The average molecular weight is 401 g/mol. The van der Waals surface area contributed by atoms with Crippen molar-refractivity contribution in [2.75, 3.05) is 5.75 Å². The van der Waals surface area contributed by atoms with Gasteiger partial charge in [0.1, 0.15) is 5.75 Å². The Balaban J connectivity index is 0.00000364. The van der Waals surface area contributed by atoms with Crippen molar-refractivity contribution in [3.63, 3.8) is 0 Å². The first-order valence-corrected chi connectivity index (χ1v) is 11.6. The predicted molar refractivity (Wildman–Crippen MR) is 117 cm³/mol. The topological polar surface area (TPSA) is 43.4 Å². The predicted octanol–water partition coefficient (Wildman–Crippen LogP) is 5.82. The van der Waals surface area contributed by atoms with Gasteiger partial charge in [0, 0.05) is 5.39 Å². The van der Waals surface area contributed by atoms with Crippen LogP contribution in [0, 0.1) is 0 Å². The number of rotatable bonds is 13. The Morgan fingerprint density at radius 3 is 1.96 bits per heavy atom. The molecule has 0 fully saturated rings. The van der Waals surface area contributed by atoms with E-state index in [9.17, 15) is 8.42 Å². The second-order valence-corrected chi connectivity index (χ2v) is 8.69. The first kappa shape index (κ1) is 24.5. The molecule has 27 heavy (non-hydrogen) atoms. The Morgan fingerprint density at radius 2 is 1.30 bits per heavy atom. The Bertz CT molecular complexity index is 754. The molecule has 0 radical (unpaired) electrons. The van der Waals surface area contributed by atoms with Crippen molar-refractivity contribution in [1.82, 2.24) is 0 Å². The Morgan fingerprint density at radius 1 is 0.741 bits per heavy atom. The van der Waals surface area contributed by atoms with Gasteiger partial charge in [-0.25, -0.2) is 0 Å². The molecule has 5 heteroatoms. The Kier molecular flexibility index (Phi) is 12.3. The van der Waals surface area contributed by atoms with Crippen molar-refractivity contribution >= 4 is 50.4 Å². The van der Waals surface area contributed by atoms with Gasteiger partial charge in [0.15, 0.2) is 0 Å². The van der Waals surface area contributed by atoms with E-state index < -0.39 is 10.1 Å². The van der Waals surface area contributed by atoms with Crippen LogP contribution in [0.15, 0.2) is 42.5 Å². The molecular weight excluding hydrogens is 367 g/mol. The zero-order chi connectivity index (χ0) is 18.7. The van der Waals surface area contributed by atoms with Crippen LogP contribution in [0.2, 0.25) is 0 Å². The van der Waals surface area contributed by atoms with Crippen LogP contribution < -0.4 is 4.18 Å². The van der Waals surface area contributed by atoms with E-state index in [0.29, 0.717) is 12.2 Å². The third-order valence-electron chi connectivity index (χ3n) is 4.71. The van der Waals surface area contributed by atoms with Gasteiger partial charge in [-0.1, -0.05) is 101 Å². The maximum absolute atomic E-state index is 12.3. The molecule has 0 N–H and O–H groups in total. The molecule has 0 amide bonds. The van der Waals surface area contributed by atoms with Gasteiger partial charge in [-0.15, -0.1) is 0 Å². The second-order valence-electron chi connectivity index (χ2n) is 7.00. The van der Waals surface area contributed by atoms with Gasteiger partial charge in [-0.3, -0.25) is 0 Å². The molecule has 0 aliphatic heterocycles. The minimum absolute atomic E-state index is 0. The fourth-order valence-corrected chi connectivity index (χ4v) is 4.27. The van der Waals surface area contributed by atoms with E-state index in [1.165, 1.54) is 44.9 Å². The summed E-state index contributed by atoms with van der Waals surface area (Å²) in [5, 5.41) is 1.82. The van der Waals surface area contributed by atoms with Crippen LogP contribution in [0.25, 0.3) is 10.8 Å². The first-order chi connectivity index (χ1) is 12.6. The maximum atomic E-state index is 12.3. The molecule has 0 atom stereocenters. The molecule has 3 nitrogen and oxygen atoms in total. The molecule has 0 aliphatic carbocycles. The molecule has 0 aliphatic rings. The van der Waals surface area contributed by atoms with Crippen molar-refractivity contribution in [1.29, 1.82) is 0 Å². The first-order valence-electron chi connectivity index (χ1n) is 10.0. The summed E-state index contributed by atoms with van der Waals surface area (Å²) in [4.78, 5) is 0. The van der Waals surface area contributed by atoms with E-state index in [0.717, 1.165) is 23.6 Å². The number of hydrogen-bond donors (Lipinski definition) is 0. The minimum atomic E-state index is -3.53. The molecule has 2 aromatic carbocycles. The zero-order valence-electron chi connectivity index (χ0n) is 16.0. The normalized spacial score (nSPS) is 11.3. The van der Waals surface area contributed by atoms with Crippen LogP contribution >= 0.6 is 0 Å². The van der Waals surface area contributed by atoms with Crippen LogP contribution in [0.4, 0.5) is 0 Å². The standard InChI is InChI=1S/C22H32O3S.Na.H/c1-2-3-4-5-6-7-8-9-10-13-19-26(23,24)25-22-18-14-16-20-15-11-12-17-21(20)22;;/h11-12,14-18H,2-10,13,19H2,1H3;;. The summed E-state index contributed by atoms with van der Waals surface area (Å²) < 4.78 is 29.9. The molecule has 0 saturated heterocycles. The molecule has 0 spiro atoms. The number of benzene rings is 2. The van der Waals surface area contributed by atoms with Crippen molar-refractivity contribution in [3.05, 3.63) is 42.5 Å². The third-order valence-corrected chi connectivity index (χ3v) is 5.94. The van der Waals surface area contributed by atoms with E-state index >= 15 is 0 Å². The molecule has 0 heterocycles. The Labute approximate surface area is 187 Å². The number of unbranched alkanes of at least 4 members (excludes halogenated alkanes) is 9. The molecule has 0 bridgehead atoms. The molecular formula is C22H33NaO3S. The van der Waals surface area contributed by atoms with E-state index in [-0.39, 0.29) is 35.3 Å². The van der Waals surface area contributed by atoms with Crippen molar-refractivity contribution < 1.29 is 12.6 Å². The van der Waals surface area contributed by atoms with Gasteiger partial charge in [-0.05, 0) is 17.9 Å². The summed E-state index contributed by atoms with van der Waals surface area (Å²) in [6.07, 6.45) is 11.8. The van der Waals surface area contributed by atoms with E-state index in [1.807, 2.05) is 36.4 Å². The van der Waals surface area contributed by atoms with Crippen LogP contribution in [0.1, 0.15) is 71.1 Å². The van der Waals surface area contributed by atoms with Gasteiger partial charge in [0.05, 0.1) is 5.75 Å². The summed E-state index contributed by atoms with van der Waals surface area (Å²) in [7, 11) is -3.53. The Hall–Kier alpha value is -0.550. The van der Waals surface area contributed by atoms with Gasteiger partial charge in [0.25, 0.3) is 0 Å². The molecule has 0 unspecified atom stereocenters. The van der Waals surface area contributed by atoms with Crippen LogP contribution in [-0.2, 0) is 10.1 Å². The van der Waals surface area contributed by atoms with Gasteiger partial charge in [-0.2, -0.15) is 8.42 Å². The fourth-order valence-electron chi connectivity index (χ4n) is 3.21. The molecule has 2 rings (SSSR count). The van der Waals surface area contributed by atoms with Crippen molar-refractivity contribution in [3.8, 4) is 5.75 Å². The van der Waals surface area contributed by atoms with E-state index in [1.54, 1.807) is 6.07 Å². The average Bonchev–Trinajstić information content (AvgIpc) is 2.63. The zero-order valence-corrected chi connectivity index (χ0v) is 16.8. The molecule has 2 aromatic rings. The molecule has 146 valence electrons.